The summed E-state index contributed by atoms with van der Waals surface area (Å²) < 4.78 is 0. The third kappa shape index (κ3) is 3.46. The third-order valence-electron chi connectivity index (χ3n) is 3.01. The summed E-state index contributed by atoms with van der Waals surface area (Å²) in [5, 5.41) is 9.70. The van der Waals surface area contributed by atoms with Crippen molar-refractivity contribution in [1.82, 2.24) is 4.98 Å². The largest absolute Gasteiger partial charge is 0.476 e. The van der Waals surface area contributed by atoms with Crippen LogP contribution < -0.4 is 4.90 Å². The highest BCUT2D eigenvalue weighted by Crippen LogP contribution is 2.28. The molecule has 0 spiro atoms. The maximum absolute atomic E-state index is 11.5. The molecule has 1 aromatic carbocycles. The average Bonchev–Trinajstić information content (AvgIpc) is 2.91. The highest BCUT2D eigenvalue weighted by atomic mass is 32.1. The molecule has 2 rings (SSSR count). The number of hydrogen-bond donors (Lipinski definition) is 1. The number of carbonyl (C=O) groups excluding carboxylic acids is 1. The maximum Gasteiger partial charge on any atom is 0.356 e. The summed E-state index contributed by atoms with van der Waals surface area (Å²) in [5.74, 6) is -1.44. The zero-order valence-electron chi connectivity index (χ0n) is 11.9. The van der Waals surface area contributed by atoms with Crippen LogP contribution in [-0.4, -0.2) is 28.4 Å². The topological polar surface area (TPSA) is 70.5 Å². The summed E-state index contributed by atoms with van der Waals surface area (Å²) in [6, 6.07) is 9.85. The van der Waals surface area contributed by atoms with Crippen molar-refractivity contribution in [3.8, 4) is 0 Å². The lowest BCUT2D eigenvalue weighted by atomic mass is 10.2. The Morgan fingerprint density at radius 2 is 1.95 bits per heavy atom. The quantitative estimate of drug-likeness (QED) is 0.830. The van der Waals surface area contributed by atoms with Crippen LogP contribution in [0.2, 0.25) is 0 Å². The number of Topliss-reactive ketones (excluding diaryl/α,β-unsaturated/α-hetero) is 1. The van der Waals surface area contributed by atoms with Crippen LogP contribution >= 0.6 is 11.3 Å². The summed E-state index contributed by atoms with van der Waals surface area (Å²) >= 11 is 1.13. The summed E-state index contributed by atoms with van der Waals surface area (Å²) in [7, 11) is 0. The second-order valence-corrected chi connectivity index (χ2v) is 5.51. The lowest BCUT2D eigenvalue weighted by Crippen LogP contribution is -2.21. The average molecular weight is 304 g/mol. The number of aromatic nitrogens is 1. The molecule has 0 aliphatic rings. The van der Waals surface area contributed by atoms with Crippen LogP contribution in [0.3, 0.4) is 0 Å². The third-order valence-corrected chi connectivity index (χ3v) is 4.22. The number of rotatable bonds is 6. The number of carbonyl (C=O) groups is 2. The lowest BCUT2D eigenvalue weighted by molar-refractivity contribution is 0.0687. The molecule has 0 fully saturated rings. The molecule has 0 aliphatic heterocycles. The van der Waals surface area contributed by atoms with Gasteiger partial charge in [-0.3, -0.25) is 4.79 Å². The zero-order valence-corrected chi connectivity index (χ0v) is 12.7. The molecule has 6 heteroatoms. The van der Waals surface area contributed by atoms with Gasteiger partial charge in [0.1, 0.15) is 4.88 Å². The molecule has 0 bridgehead atoms. The predicted molar refractivity (Wildman–Crippen MR) is 82.2 cm³/mol. The van der Waals surface area contributed by atoms with E-state index in [4.69, 9.17) is 5.11 Å². The van der Waals surface area contributed by atoms with Gasteiger partial charge >= 0.3 is 5.97 Å². The van der Waals surface area contributed by atoms with Gasteiger partial charge < -0.3 is 10.0 Å². The monoisotopic (exact) mass is 304 g/mol. The second kappa shape index (κ2) is 6.49. The molecule has 1 aromatic heterocycles. The fourth-order valence-corrected chi connectivity index (χ4v) is 2.96. The molecule has 1 N–H and O–H groups in total. The van der Waals surface area contributed by atoms with Crippen molar-refractivity contribution in [2.75, 3.05) is 11.4 Å². The van der Waals surface area contributed by atoms with Crippen molar-refractivity contribution in [3.63, 3.8) is 0 Å². The summed E-state index contributed by atoms with van der Waals surface area (Å²) in [5.41, 5.74) is 0.949. The van der Waals surface area contributed by atoms with Crippen LogP contribution in [0.5, 0.6) is 0 Å². The molecule has 0 atom stereocenters. The number of carboxylic acid groups (broad SMARTS) is 1. The van der Waals surface area contributed by atoms with Gasteiger partial charge in [-0.15, -0.1) is 0 Å². The predicted octanol–water partition coefficient (Wildman–Crippen LogP) is 3.07. The SMILES string of the molecule is CCN(Cc1ccccc1)c1nc(C(=O)O)c(C(C)=O)s1. The van der Waals surface area contributed by atoms with E-state index >= 15 is 0 Å². The van der Waals surface area contributed by atoms with Gasteiger partial charge in [0, 0.05) is 20.0 Å². The first-order valence-electron chi connectivity index (χ1n) is 6.56. The Morgan fingerprint density at radius 1 is 1.29 bits per heavy atom. The molecule has 5 nitrogen and oxygen atoms in total. The fourth-order valence-electron chi connectivity index (χ4n) is 1.95. The Bertz CT molecular complexity index is 621. The molecule has 1 heterocycles. The van der Waals surface area contributed by atoms with E-state index in [1.807, 2.05) is 42.2 Å². The number of nitrogens with zero attached hydrogens (tertiary/aromatic N) is 2. The first kappa shape index (κ1) is 15.2. The molecule has 0 amide bonds. The van der Waals surface area contributed by atoms with E-state index in [-0.39, 0.29) is 16.4 Å². The van der Waals surface area contributed by atoms with E-state index < -0.39 is 5.97 Å². The molecule has 0 unspecified atom stereocenters. The number of anilines is 1. The summed E-state index contributed by atoms with van der Waals surface area (Å²) in [6.45, 7) is 4.63. The van der Waals surface area contributed by atoms with Crippen LogP contribution in [0.1, 0.15) is 39.6 Å². The number of aromatic carboxylic acids is 1. The van der Waals surface area contributed by atoms with Gasteiger partial charge in [-0.25, -0.2) is 9.78 Å². The fraction of sp³-hybridized carbons (Fsp3) is 0.267. The van der Waals surface area contributed by atoms with Crippen LogP contribution in [0.4, 0.5) is 5.13 Å². The summed E-state index contributed by atoms with van der Waals surface area (Å²) in [4.78, 5) is 29.0. The van der Waals surface area contributed by atoms with Crippen LogP contribution in [-0.2, 0) is 6.54 Å². The normalized spacial score (nSPS) is 10.4. The molecular weight excluding hydrogens is 288 g/mol. The minimum atomic E-state index is -1.17. The van der Waals surface area contributed by atoms with E-state index in [0.29, 0.717) is 18.2 Å². The van der Waals surface area contributed by atoms with Crippen molar-refractivity contribution >= 4 is 28.2 Å². The molecule has 0 radical (unpaired) electrons. The number of thiazole rings is 1. The Labute approximate surface area is 126 Å². The smallest absolute Gasteiger partial charge is 0.356 e. The number of benzene rings is 1. The molecule has 0 saturated heterocycles. The Balaban J connectivity index is 2.32. The van der Waals surface area contributed by atoms with E-state index in [1.54, 1.807) is 0 Å². The van der Waals surface area contributed by atoms with Crippen molar-refractivity contribution in [3.05, 3.63) is 46.5 Å². The van der Waals surface area contributed by atoms with Crippen molar-refractivity contribution < 1.29 is 14.7 Å². The molecule has 110 valence electrons. The van der Waals surface area contributed by atoms with Gasteiger partial charge in [-0.2, -0.15) is 0 Å². The first-order chi connectivity index (χ1) is 10.0. The lowest BCUT2D eigenvalue weighted by Gasteiger charge is -2.19. The van der Waals surface area contributed by atoms with Crippen molar-refractivity contribution in [2.24, 2.45) is 0 Å². The first-order valence-corrected chi connectivity index (χ1v) is 7.38. The second-order valence-electron chi connectivity index (χ2n) is 4.54. The van der Waals surface area contributed by atoms with Gasteiger partial charge in [0.25, 0.3) is 0 Å². The summed E-state index contributed by atoms with van der Waals surface area (Å²) in [6.07, 6.45) is 0. The molecule has 2 aromatic rings. The Hall–Kier alpha value is -2.21. The van der Waals surface area contributed by atoms with Gasteiger partial charge in [-0.05, 0) is 12.5 Å². The maximum atomic E-state index is 11.5. The van der Waals surface area contributed by atoms with E-state index in [0.717, 1.165) is 16.9 Å². The van der Waals surface area contributed by atoms with E-state index in [9.17, 15) is 9.59 Å². The number of hydrogen-bond acceptors (Lipinski definition) is 5. The van der Waals surface area contributed by atoms with E-state index in [1.165, 1.54) is 6.92 Å². The molecule has 21 heavy (non-hydrogen) atoms. The Morgan fingerprint density at radius 3 is 2.43 bits per heavy atom. The minimum Gasteiger partial charge on any atom is -0.476 e. The van der Waals surface area contributed by atoms with Crippen molar-refractivity contribution in [2.45, 2.75) is 20.4 Å². The minimum absolute atomic E-state index is 0.158. The van der Waals surface area contributed by atoms with Crippen molar-refractivity contribution in [1.29, 1.82) is 0 Å². The molecule has 0 aliphatic carbocycles. The van der Waals surface area contributed by atoms with Gasteiger partial charge in [0.05, 0.1) is 0 Å². The van der Waals surface area contributed by atoms with E-state index in [2.05, 4.69) is 4.98 Å². The number of carboxylic acids is 1. The number of ketones is 1. The molecule has 0 saturated carbocycles. The molecular formula is C15H16N2O3S. The zero-order chi connectivity index (χ0) is 15.4. The van der Waals surface area contributed by atoms with Gasteiger partial charge in [-0.1, -0.05) is 41.7 Å². The standard InChI is InChI=1S/C15H16N2O3S/c1-3-17(9-11-7-5-4-6-8-11)15-16-12(14(19)20)13(21-15)10(2)18/h4-8H,3,9H2,1-2H3,(H,19,20). The Kier molecular flexibility index (Phi) is 4.70. The van der Waals surface area contributed by atoms with Crippen LogP contribution in [0.25, 0.3) is 0 Å². The van der Waals surface area contributed by atoms with Crippen LogP contribution in [0, 0.1) is 0 Å². The van der Waals surface area contributed by atoms with Crippen LogP contribution in [0.15, 0.2) is 30.3 Å². The highest BCUT2D eigenvalue weighted by Gasteiger charge is 2.22. The van der Waals surface area contributed by atoms with Gasteiger partial charge in [0.15, 0.2) is 16.6 Å². The highest BCUT2D eigenvalue weighted by molar-refractivity contribution is 7.17. The van der Waals surface area contributed by atoms with Gasteiger partial charge in [0.2, 0.25) is 0 Å².